The summed E-state index contributed by atoms with van der Waals surface area (Å²) < 4.78 is 5.23. The van der Waals surface area contributed by atoms with Crippen molar-refractivity contribution in [2.45, 2.75) is 57.8 Å². The van der Waals surface area contributed by atoms with Gasteiger partial charge in [-0.3, -0.25) is 0 Å². The molecule has 0 N–H and O–H groups in total. The van der Waals surface area contributed by atoms with E-state index in [1.54, 1.807) is 6.26 Å². The zero-order chi connectivity index (χ0) is 12.9. The number of rotatable bonds is 11. The van der Waals surface area contributed by atoms with Gasteiger partial charge in [0, 0.05) is 0 Å². The van der Waals surface area contributed by atoms with E-state index in [9.17, 15) is 0 Å². The lowest BCUT2D eigenvalue weighted by Gasteiger charge is -1.99. The molecule has 0 aliphatic rings. The molecule has 0 fully saturated rings. The lowest BCUT2D eigenvalue weighted by Crippen LogP contribution is -1.80. The van der Waals surface area contributed by atoms with Crippen molar-refractivity contribution in [2.75, 3.05) is 0 Å². The number of hydrogen-bond acceptors (Lipinski definition) is 1. The number of furan rings is 1. The highest BCUT2D eigenvalue weighted by Gasteiger charge is 1.91. The standard InChI is InChI=1S/C17H26O/c1-2-3-4-5-6-7-8-9-10-11-12-14-17-15-13-16-18-17/h2,12-16H,1,3-11H2/b14-12+. The lowest BCUT2D eigenvalue weighted by atomic mass is 10.1. The minimum absolute atomic E-state index is 0.956. The Morgan fingerprint density at radius 2 is 1.61 bits per heavy atom. The molecule has 1 aromatic heterocycles. The molecule has 0 unspecified atom stereocenters. The first kappa shape index (κ1) is 14.8. The highest BCUT2D eigenvalue weighted by Crippen LogP contribution is 2.11. The summed E-state index contributed by atoms with van der Waals surface area (Å²) in [7, 11) is 0. The summed E-state index contributed by atoms with van der Waals surface area (Å²) in [5.41, 5.74) is 0. The molecule has 0 saturated carbocycles. The molecule has 0 aromatic carbocycles. The van der Waals surface area contributed by atoms with Crippen LogP contribution < -0.4 is 0 Å². The highest BCUT2D eigenvalue weighted by atomic mass is 16.3. The third-order valence-corrected chi connectivity index (χ3v) is 3.10. The van der Waals surface area contributed by atoms with E-state index in [4.69, 9.17) is 4.42 Å². The maximum atomic E-state index is 5.23. The maximum Gasteiger partial charge on any atom is 0.126 e. The van der Waals surface area contributed by atoms with E-state index in [1.807, 2.05) is 18.2 Å². The van der Waals surface area contributed by atoms with Crippen molar-refractivity contribution in [1.82, 2.24) is 0 Å². The summed E-state index contributed by atoms with van der Waals surface area (Å²) in [5.74, 6) is 0.956. The fourth-order valence-electron chi connectivity index (χ4n) is 2.02. The van der Waals surface area contributed by atoms with Crippen molar-refractivity contribution in [2.24, 2.45) is 0 Å². The smallest absolute Gasteiger partial charge is 0.126 e. The molecule has 0 bridgehead atoms. The van der Waals surface area contributed by atoms with Gasteiger partial charge in [0.1, 0.15) is 5.76 Å². The Morgan fingerprint density at radius 1 is 0.944 bits per heavy atom. The van der Waals surface area contributed by atoms with Gasteiger partial charge in [0.05, 0.1) is 6.26 Å². The van der Waals surface area contributed by atoms with Crippen molar-refractivity contribution in [3.63, 3.8) is 0 Å². The van der Waals surface area contributed by atoms with Crippen LogP contribution in [0.15, 0.2) is 41.5 Å². The molecule has 0 saturated heterocycles. The Hall–Kier alpha value is -1.24. The summed E-state index contributed by atoms with van der Waals surface area (Å²) in [6.45, 7) is 3.74. The molecule has 0 aliphatic heterocycles. The van der Waals surface area contributed by atoms with E-state index in [0.29, 0.717) is 0 Å². The third kappa shape index (κ3) is 7.94. The van der Waals surface area contributed by atoms with E-state index in [0.717, 1.165) is 12.2 Å². The second-order valence-electron chi connectivity index (χ2n) is 4.76. The van der Waals surface area contributed by atoms with Crippen molar-refractivity contribution >= 4 is 6.08 Å². The zero-order valence-corrected chi connectivity index (χ0v) is 11.4. The van der Waals surface area contributed by atoms with Crippen LogP contribution in [-0.2, 0) is 0 Å². The average molecular weight is 246 g/mol. The normalized spacial score (nSPS) is 11.1. The van der Waals surface area contributed by atoms with Crippen LogP contribution in [0.5, 0.6) is 0 Å². The number of allylic oxidation sites excluding steroid dienone is 2. The Morgan fingerprint density at radius 3 is 2.22 bits per heavy atom. The molecule has 1 rings (SSSR count). The minimum atomic E-state index is 0.956. The van der Waals surface area contributed by atoms with Crippen LogP contribution in [0, 0.1) is 0 Å². The molecule has 0 aliphatic carbocycles. The second-order valence-corrected chi connectivity index (χ2v) is 4.76. The van der Waals surface area contributed by atoms with Crippen molar-refractivity contribution in [3.8, 4) is 0 Å². The second kappa shape index (κ2) is 10.9. The van der Waals surface area contributed by atoms with Crippen LogP contribution in [0.2, 0.25) is 0 Å². The van der Waals surface area contributed by atoms with Crippen LogP contribution >= 0.6 is 0 Å². The maximum absolute atomic E-state index is 5.23. The van der Waals surface area contributed by atoms with Gasteiger partial charge in [0.2, 0.25) is 0 Å². The quantitative estimate of drug-likeness (QED) is 0.345. The van der Waals surface area contributed by atoms with Crippen LogP contribution in [0.25, 0.3) is 6.08 Å². The van der Waals surface area contributed by atoms with Crippen molar-refractivity contribution in [1.29, 1.82) is 0 Å². The largest absolute Gasteiger partial charge is 0.465 e. The first-order chi connectivity index (χ1) is 8.93. The van der Waals surface area contributed by atoms with Crippen molar-refractivity contribution in [3.05, 3.63) is 42.9 Å². The van der Waals surface area contributed by atoms with Gasteiger partial charge in [-0.05, 0) is 43.9 Å². The molecule has 1 aromatic rings. The molecule has 1 heteroatoms. The topological polar surface area (TPSA) is 13.1 Å². The minimum Gasteiger partial charge on any atom is -0.465 e. The van der Waals surface area contributed by atoms with Gasteiger partial charge < -0.3 is 4.42 Å². The Bertz CT molecular complexity index is 308. The third-order valence-electron chi connectivity index (χ3n) is 3.10. The lowest BCUT2D eigenvalue weighted by molar-refractivity contribution is 0.556. The summed E-state index contributed by atoms with van der Waals surface area (Å²) in [4.78, 5) is 0. The van der Waals surface area contributed by atoms with Gasteiger partial charge in [-0.25, -0.2) is 0 Å². The number of unbranched alkanes of at least 4 members (excludes halogenated alkanes) is 8. The van der Waals surface area contributed by atoms with Gasteiger partial charge >= 0.3 is 0 Å². The van der Waals surface area contributed by atoms with E-state index in [1.165, 1.54) is 51.4 Å². The van der Waals surface area contributed by atoms with E-state index in [-0.39, 0.29) is 0 Å². The van der Waals surface area contributed by atoms with E-state index in [2.05, 4.69) is 18.7 Å². The predicted molar refractivity (Wildman–Crippen MR) is 79.5 cm³/mol. The molecule has 0 atom stereocenters. The summed E-state index contributed by atoms with van der Waals surface area (Å²) >= 11 is 0. The van der Waals surface area contributed by atoms with Gasteiger partial charge in [0.15, 0.2) is 0 Å². The molecule has 0 amide bonds. The fourth-order valence-corrected chi connectivity index (χ4v) is 2.02. The Labute approximate surface area is 112 Å². The summed E-state index contributed by atoms with van der Waals surface area (Å²) in [5, 5.41) is 0. The van der Waals surface area contributed by atoms with Crippen LogP contribution in [-0.4, -0.2) is 0 Å². The van der Waals surface area contributed by atoms with Gasteiger partial charge in [-0.1, -0.05) is 44.3 Å². The van der Waals surface area contributed by atoms with Crippen molar-refractivity contribution < 1.29 is 4.42 Å². The SMILES string of the molecule is C=CCCCCCCCCC/C=C/c1ccco1. The molecular weight excluding hydrogens is 220 g/mol. The van der Waals surface area contributed by atoms with Gasteiger partial charge in [-0.2, -0.15) is 0 Å². The van der Waals surface area contributed by atoms with Gasteiger partial charge in [-0.15, -0.1) is 6.58 Å². The van der Waals surface area contributed by atoms with E-state index < -0.39 is 0 Å². The monoisotopic (exact) mass is 246 g/mol. The summed E-state index contributed by atoms with van der Waals surface area (Å²) in [6.07, 6.45) is 19.8. The Balaban J connectivity index is 1.83. The molecule has 1 nitrogen and oxygen atoms in total. The molecule has 1 heterocycles. The Kier molecular flexibility index (Phi) is 8.96. The van der Waals surface area contributed by atoms with E-state index >= 15 is 0 Å². The molecule has 0 spiro atoms. The molecular formula is C17H26O. The average Bonchev–Trinajstić information content (AvgIpc) is 2.89. The zero-order valence-electron chi connectivity index (χ0n) is 11.4. The first-order valence-electron chi connectivity index (χ1n) is 7.24. The highest BCUT2D eigenvalue weighted by molar-refractivity contribution is 5.41. The van der Waals surface area contributed by atoms with Crippen LogP contribution in [0.3, 0.4) is 0 Å². The van der Waals surface area contributed by atoms with Gasteiger partial charge in [0.25, 0.3) is 0 Å². The first-order valence-corrected chi connectivity index (χ1v) is 7.24. The fraction of sp³-hybridized carbons (Fsp3) is 0.529. The van der Waals surface area contributed by atoms with Crippen LogP contribution in [0.1, 0.15) is 63.5 Å². The molecule has 18 heavy (non-hydrogen) atoms. The molecule has 0 radical (unpaired) electrons. The van der Waals surface area contributed by atoms with Crippen LogP contribution in [0.4, 0.5) is 0 Å². The summed E-state index contributed by atoms with van der Waals surface area (Å²) in [6, 6.07) is 3.91. The predicted octanol–water partition coefficient (Wildman–Crippen LogP) is 5.99. The number of hydrogen-bond donors (Lipinski definition) is 0. The molecule has 100 valence electrons.